The summed E-state index contributed by atoms with van der Waals surface area (Å²) < 4.78 is 15.4. The van der Waals surface area contributed by atoms with Gasteiger partial charge in [0, 0.05) is 24.5 Å². The van der Waals surface area contributed by atoms with Gasteiger partial charge in [-0.1, -0.05) is 19.4 Å². The molecule has 0 saturated carbocycles. The molecule has 0 bridgehead atoms. The molecule has 2 rings (SSSR count). The molecule has 1 N–H and O–H groups in total. The van der Waals surface area contributed by atoms with Crippen LogP contribution in [0.1, 0.15) is 25.3 Å². The lowest BCUT2D eigenvalue weighted by Gasteiger charge is -2.12. The molecule has 18 heavy (non-hydrogen) atoms. The minimum absolute atomic E-state index is 0.194. The maximum atomic E-state index is 13.6. The number of rotatable bonds is 5. The van der Waals surface area contributed by atoms with E-state index in [9.17, 15) is 4.39 Å². The first kappa shape index (κ1) is 12.6. The Morgan fingerprint density at radius 1 is 1.39 bits per heavy atom. The van der Waals surface area contributed by atoms with Crippen molar-refractivity contribution < 1.29 is 4.39 Å². The molecule has 0 aliphatic carbocycles. The van der Waals surface area contributed by atoms with Crippen molar-refractivity contribution >= 4 is 5.95 Å². The van der Waals surface area contributed by atoms with Gasteiger partial charge in [-0.25, -0.2) is 9.37 Å². The first-order valence-corrected chi connectivity index (χ1v) is 6.26. The minimum Gasteiger partial charge on any atom is -0.355 e. The maximum Gasteiger partial charge on any atom is 0.207 e. The SMILES string of the molecule is CCCCNc1nccn1-c1cccc(F)c1C. The fourth-order valence-corrected chi connectivity index (χ4v) is 1.86. The molecule has 0 radical (unpaired) electrons. The Morgan fingerprint density at radius 2 is 2.22 bits per heavy atom. The molecular formula is C14H18FN3. The topological polar surface area (TPSA) is 29.9 Å². The van der Waals surface area contributed by atoms with Crippen LogP contribution in [0.3, 0.4) is 0 Å². The number of hydrogen-bond donors (Lipinski definition) is 1. The molecule has 0 amide bonds. The summed E-state index contributed by atoms with van der Waals surface area (Å²) >= 11 is 0. The number of imidazole rings is 1. The van der Waals surface area contributed by atoms with Gasteiger partial charge in [0.2, 0.25) is 5.95 Å². The van der Waals surface area contributed by atoms with Crippen LogP contribution >= 0.6 is 0 Å². The number of hydrogen-bond acceptors (Lipinski definition) is 2. The van der Waals surface area contributed by atoms with Crippen molar-refractivity contribution in [2.24, 2.45) is 0 Å². The molecule has 1 aromatic carbocycles. The van der Waals surface area contributed by atoms with E-state index in [0.717, 1.165) is 31.0 Å². The smallest absolute Gasteiger partial charge is 0.207 e. The molecule has 4 heteroatoms. The number of unbranched alkanes of at least 4 members (excludes halogenated alkanes) is 1. The van der Waals surface area contributed by atoms with Crippen LogP contribution in [0, 0.1) is 12.7 Å². The van der Waals surface area contributed by atoms with Gasteiger partial charge in [0.1, 0.15) is 5.82 Å². The highest BCUT2D eigenvalue weighted by Gasteiger charge is 2.09. The summed E-state index contributed by atoms with van der Waals surface area (Å²) in [5.74, 6) is 0.567. The van der Waals surface area contributed by atoms with Gasteiger partial charge < -0.3 is 5.32 Å². The fourth-order valence-electron chi connectivity index (χ4n) is 1.86. The molecule has 0 atom stereocenters. The highest BCUT2D eigenvalue weighted by atomic mass is 19.1. The minimum atomic E-state index is -0.194. The Bertz CT molecular complexity index is 520. The molecule has 96 valence electrons. The average Bonchev–Trinajstić information content (AvgIpc) is 2.81. The van der Waals surface area contributed by atoms with Crippen molar-refractivity contribution in [1.82, 2.24) is 9.55 Å². The summed E-state index contributed by atoms with van der Waals surface area (Å²) in [5, 5.41) is 3.27. The molecule has 1 aromatic heterocycles. The van der Waals surface area contributed by atoms with Crippen LogP contribution in [0.25, 0.3) is 5.69 Å². The monoisotopic (exact) mass is 247 g/mol. The van der Waals surface area contributed by atoms with E-state index in [0.29, 0.717) is 5.56 Å². The van der Waals surface area contributed by atoms with Crippen LogP contribution in [-0.2, 0) is 0 Å². The highest BCUT2D eigenvalue weighted by molar-refractivity contribution is 5.47. The molecule has 0 spiro atoms. The van der Waals surface area contributed by atoms with Crippen molar-refractivity contribution in [3.63, 3.8) is 0 Å². The van der Waals surface area contributed by atoms with Crippen molar-refractivity contribution in [2.45, 2.75) is 26.7 Å². The van der Waals surface area contributed by atoms with Gasteiger partial charge in [0.15, 0.2) is 0 Å². The van der Waals surface area contributed by atoms with Crippen LogP contribution in [0.5, 0.6) is 0 Å². The second kappa shape index (κ2) is 5.67. The zero-order chi connectivity index (χ0) is 13.0. The average molecular weight is 247 g/mol. The largest absolute Gasteiger partial charge is 0.355 e. The summed E-state index contributed by atoms with van der Waals surface area (Å²) in [4.78, 5) is 4.26. The van der Waals surface area contributed by atoms with E-state index in [1.165, 1.54) is 6.07 Å². The number of nitrogens with one attached hydrogen (secondary N) is 1. The van der Waals surface area contributed by atoms with Crippen LogP contribution in [-0.4, -0.2) is 16.1 Å². The molecular weight excluding hydrogens is 229 g/mol. The molecule has 0 aliphatic rings. The van der Waals surface area contributed by atoms with Gasteiger partial charge in [-0.3, -0.25) is 4.57 Å². The standard InChI is InChI=1S/C14H18FN3/c1-3-4-8-16-14-17-9-10-18(14)13-7-5-6-12(15)11(13)2/h5-7,9-10H,3-4,8H2,1-2H3,(H,16,17). The predicted molar refractivity (Wildman–Crippen MR) is 71.7 cm³/mol. The lowest BCUT2D eigenvalue weighted by molar-refractivity contribution is 0.617. The van der Waals surface area contributed by atoms with E-state index in [1.54, 1.807) is 19.2 Å². The normalized spacial score (nSPS) is 10.6. The van der Waals surface area contributed by atoms with E-state index >= 15 is 0 Å². The fraction of sp³-hybridized carbons (Fsp3) is 0.357. The lowest BCUT2D eigenvalue weighted by Crippen LogP contribution is -2.08. The molecule has 0 unspecified atom stereocenters. The Balaban J connectivity index is 2.28. The van der Waals surface area contributed by atoms with E-state index < -0.39 is 0 Å². The van der Waals surface area contributed by atoms with E-state index in [2.05, 4.69) is 17.2 Å². The number of nitrogens with zero attached hydrogens (tertiary/aromatic N) is 2. The number of halogens is 1. The third-order valence-electron chi connectivity index (χ3n) is 2.95. The Hall–Kier alpha value is -1.84. The first-order valence-electron chi connectivity index (χ1n) is 6.26. The van der Waals surface area contributed by atoms with E-state index in [-0.39, 0.29) is 5.82 Å². The van der Waals surface area contributed by atoms with Crippen LogP contribution in [0.4, 0.5) is 10.3 Å². The quantitative estimate of drug-likeness (QED) is 0.819. The van der Waals surface area contributed by atoms with Crippen molar-refractivity contribution in [1.29, 1.82) is 0 Å². The molecule has 0 saturated heterocycles. The Morgan fingerprint density at radius 3 is 3.00 bits per heavy atom. The van der Waals surface area contributed by atoms with Gasteiger partial charge in [0.25, 0.3) is 0 Å². The van der Waals surface area contributed by atoms with Gasteiger partial charge in [-0.2, -0.15) is 0 Å². The predicted octanol–water partition coefficient (Wildman–Crippen LogP) is 3.53. The van der Waals surface area contributed by atoms with E-state index in [1.807, 2.05) is 16.8 Å². The summed E-state index contributed by atoms with van der Waals surface area (Å²) in [6, 6.07) is 5.08. The van der Waals surface area contributed by atoms with Crippen molar-refractivity contribution in [3.8, 4) is 5.69 Å². The van der Waals surface area contributed by atoms with E-state index in [4.69, 9.17) is 0 Å². The first-order chi connectivity index (χ1) is 8.74. The lowest BCUT2D eigenvalue weighted by atomic mass is 10.2. The van der Waals surface area contributed by atoms with Crippen LogP contribution < -0.4 is 5.32 Å². The zero-order valence-corrected chi connectivity index (χ0v) is 10.8. The van der Waals surface area contributed by atoms with Crippen LogP contribution in [0.15, 0.2) is 30.6 Å². The van der Waals surface area contributed by atoms with Gasteiger partial charge in [-0.05, 0) is 25.5 Å². The number of aromatic nitrogens is 2. The van der Waals surface area contributed by atoms with Gasteiger partial charge in [0.05, 0.1) is 5.69 Å². The number of anilines is 1. The van der Waals surface area contributed by atoms with Crippen molar-refractivity contribution in [2.75, 3.05) is 11.9 Å². The summed E-state index contributed by atoms with van der Waals surface area (Å²) in [7, 11) is 0. The maximum absolute atomic E-state index is 13.6. The Labute approximate surface area is 107 Å². The van der Waals surface area contributed by atoms with Crippen LogP contribution in [0.2, 0.25) is 0 Å². The van der Waals surface area contributed by atoms with Gasteiger partial charge in [-0.15, -0.1) is 0 Å². The third kappa shape index (κ3) is 2.53. The highest BCUT2D eigenvalue weighted by Crippen LogP contribution is 2.20. The Kier molecular flexibility index (Phi) is 3.97. The molecule has 3 nitrogen and oxygen atoms in total. The molecule has 0 aliphatic heterocycles. The van der Waals surface area contributed by atoms with Gasteiger partial charge >= 0.3 is 0 Å². The number of benzene rings is 1. The zero-order valence-electron chi connectivity index (χ0n) is 10.8. The van der Waals surface area contributed by atoms with Crippen molar-refractivity contribution in [3.05, 3.63) is 42.0 Å². The molecule has 0 fully saturated rings. The summed E-state index contributed by atoms with van der Waals surface area (Å²) in [6.45, 7) is 4.80. The third-order valence-corrected chi connectivity index (χ3v) is 2.95. The second-order valence-electron chi connectivity index (χ2n) is 4.29. The second-order valence-corrected chi connectivity index (χ2v) is 4.29. The summed E-state index contributed by atoms with van der Waals surface area (Å²) in [5.41, 5.74) is 1.46. The molecule has 2 aromatic rings. The molecule has 1 heterocycles. The summed E-state index contributed by atoms with van der Waals surface area (Å²) in [6.07, 6.45) is 5.79.